The van der Waals surface area contributed by atoms with Gasteiger partial charge < -0.3 is 10.1 Å². The van der Waals surface area contributed by atoms with Crippen molar-refractivity contribution in [1.29, 1.82) is 0 Å². The number of anilines is 1. The number of hydrogen-bond donors (Lipinski definition) is 2. The number of amides is 1. The summed E-state index contributed by atoms with van der Waals surface area (Å²) in [6.45, 7) is 0. The van der Waals surface area contributed by atoms with E-state index >= 15 is 0 Å². The van der Waals surface area contributed by atoms with Crippen LogP contribution in [0, 0.1) is 0 Å². The monoisotopic (exact) mass is 344 g/mol. The van der Waals surface area contributed by atoms with Gasteiger partial charge in [-0.25, -0.2) is 13.1 Å². The van der Waals surface area contributed by atoms with Gasteiger partial charge in [-0.2, -0.15) is 0 Å². The second kappa shape index (κ2) is 6.10. The molecular formula is C17H16N2O4S. The molecule has 0 bridgehead atoms. The number of carbonyl (C=O) groups is 1. The molecule has 2 aromatic rings. The maximum absolute atomic E-state index is 12.3. The number of para-hydroxylation sites is 1. The predicted octanol–water partition coefficient (Wildman–Crippen LogP) is 2.10. The summed E-state index contributed by atoms with van der Waals surface area (Å²) in [4.78, 5) is 12.4. The van der Waals surface area contributed by atoms with E-state index in [2.05, 4.69) is 10.0 Å². The van der Waals surface area contributed by atoms with E-state index in [1.165, 1.54) is 19.2 Å². The van der Waals surface area contributed by atoms with Crippen molar-refractivity contribution in [1.82, 2.24) is 4.72 Å². The van der Waals surface area contributed by atoms with Crippen LogP contribution in [0.15, 0.2) is 47.4 Å². The smallest absolute Gasteiger partial charge is 0.256 e. The van der Waals surface area contributed by atoms with Crippen molar-refractivity contribution in [3.63, 3.8) is 0 Å². The van der Waals surface area contributed by atoms with Crippen LogP contribution in [0.3, 0.4) is 0 Å². The van der Waals surface area contributed by atoms with Crippen LogP contribution in [0.4, 0.5) is 5.69 Å². The molecule has 3 rings (SSSR count). The largest absolute Gasteiger partial charge is 0.496 e. The zero-order valence-electron chi connectivity index (χ0n) is 13.2. The van der Waals surface area contributed by atoms with E-state index in [4.69, 9.17) is 4.74 Å². The van der Waals surface area contributed by atoms with E-state index in [0.29, 0.717) is 22.6 Å². The maximum Gasteiger partial charge on any atom is 0.256 e. The lowest BCUT2D eigenvalue weighted by atomic mass is 10.0. The number of hydrogen-bond acceptors (Lipinski definition) is 4. The third kappa shape index (κ3) is 2.79. The highest BCUT2D eigenvalue weighted by Crippen LogP contribution is 2.35. The number of sulfonamides is 1. The summed E-state index contributed by atoms with van der Waals surface area (Å²) in [5.74, 6) is 0.347. The summed E-state index contributed by atoms with van der Waals surface area (Å²) in [6, 6.07) is 11.8. The fourth-order valence-electron chi connectivity index (χ4n) is 2.54. The van der Waals surface area contributed by atoms with Crippen LogP contribution in [0.1, 0.15) is 11.1 Å². The zero-order valence-corrected chi connectivity index (χ0v) is 14.0. The Bertz CT molecular complexity index is 949. The van der Waals surface area contributed by atoms with Crippen molar-refractivity contribution in [2.24, 2.45) is 0 Å². The molecule has 2 aromatic carbocycles. The highest BCUT2D eigenvalue weighted by atomic mass is 32.2. The molecule has 0 unspecified atom stereocenters. The van der Waals surface area contributed by atoms with Crippen molar-refractivity contribution < 1.29 is 17.9 Å². The van der Waals surface area contributed by atoms with Crippen molar-refractivity contribution in [2.45, 2.75) is 4.90 Å². The van der Waals surface area contributed by atoms with Gasteiger partial charge in [-0.05, 0) is 37.4 Å². The average Bonchev–Trinajstić information content (AvgIpc) is 2.90. The minimum absolute atomic E-state index is 0.103. The molecule has 0 saturated carbocycles. The first kappa shape index (κ1) is 16.2. The van der Waals surface area contributed by atoms with Gasteiger partial charge in [0.1, 0.15) is 5.75 Å². The first-order valence-corrected chi connectivity index (χ1v) is 8.68. The second-order valence-electron chi connectivity index (χ2n) is 5.17. The maximum atomic E-state index is 12.3. The summed E-state index contributed by atoms with van der Waals surface area (Å²) in [7, 11) is -0.689. The molecule has 24 heavy (non-hydrogen) atoms. The van der Waals surface area contributed by atoms with Gasteiger partial charge in [0.15, 0.2) is 0 Å². The van der Waals surface area contributed by atoms with Crippen LogP contribution in [0.25, 0.3) is 11.6 Å². The number of fused-ring (bicyclic) bond motifs is 1. The van der Waals surface area contributed by atoms with Gasteiger partial charge in [0.25, 0.3) is 5.91 Å². The summed E-state index contributed by atoms with van der Waals surface area (Å²) < 4.78 is 31.5. The van der Waals surface area contributed by atoms with E-state index in [-0.39, 0.29) is 10.8 Å². The number of rotatable bonds is 4. The standard InChI is InChI=1S/C17H16N2O4S/c1-18-24(21,22)12-7-8-15-13(10-12)14(17(20)19-15)9-11-5-3-4-6-16(11)23-2/h3-10,18H,1-2H3,(H,19,20). The second-order valence-corrected chi connectivity index (χ2v) is 7.06. The Morgan fingerprint density at radius 2 is 1.92 bits per heavy atom. The minimum Gasteiger partial charge on any atom is -0.496 e. The topological polar surface area (TPSA) is 84.5 Å². The predicted molar refractivity (Wildman–Crippen MR) is 92.2 cm³/mol. The Labute approximate surface area is 140 Å². The fraction of sp³-hybridized carbons (Fsp3) is 0.118. The molecule has 0 saturated heterocycles. The summed E-state index contributed by atoms with van der Waals surface area (Å²) in [5.41, 5.74) is 2.25. The van der Waals surface area contributed by atoms with Crippen LogP contribution in [0.2, 0.25) is 0 Å². The molecule has 2 N–H and O–H groups in total. The lowest BCUT2D eigenvalue weighted by Gasteiger charge is -2.06. The lowest BCUT2D eigenvalue weighted by molar-refractivity contribution is -0.110. The van der Waals surface area contributed by atoms with E-state index in [1.54, 1.807) is 25.3 Å². The van der Waals surface area contributed by atoms with E-state index < -0.39 is 10.0 Å². The van der Waals surface area contributed by atoms with Gasteiger partial charge >= 0.3 is 0 Å². The Kier molecular flexibility index (Phi) is 4.13. The molecule has 1 aliphatic rings. The third-order valence-corrected chi connectivity index (χ3v) is 5.20. The molecule has 0 atom stereocenters. The highest BCUT2D eigenvalue weighted by Gasteiger charge is 2.26. The van der Waals surface area contributed by atoms with Crippen LogP contribution < -0.4 is 14.8 Å². The molecule has 0 spiro atoms. The van der Waals surface area contributed by atoms with Crippen LogP contribution >= 0.6 is 0 Å². The van der Waals surface area contributed by atoms with Gasteiger partial charge in [-0.3, -0.25) is 4.79 Å². The van der Waals surface area contributed by atoms with Crippen molar-refractivity contribution in [3.05, 3.63) is 53.6 Å². The van der Waals surface area contributed by atoms with Crippen LogP contribution in [-0.4, -0.2) is 28.5 Å². The number of ether oxygens (including phenoxy) is 1. The van der Waals surface area contributed by atoms with Crippen molar-refractivity contribution in [2.75, 3.05) is 19.5 Å². The first-order valence-electron chi connectivity index (χ1n) is 7.20. The summed E-state index contributed by atoms with van der Waals surface area (Å²) >= 11 is 0. The van der Waals surface area contributed by atoms with Gasteiger partial charge in [-0.15, -0.1) is 0 Å². The van der Waals surface area contributed by atoms with Crippen molar-refractivity contribution in [3.8, 4) is 5.75 Å². The Morgan fingerprint density at radius 1 is 1.17 bits per heavy atom. The van der Waals surface area contributed by atoms with Crippen LogP contribution in [0.5, 0.6) is 5.75 Å². The number of nitrogens with one attached hydrogen (secondary N) is 2. The summed E-state index contributed by atoms with van der Waals surface area (Å²) in [6.07, 6.45) is 1.69. The quantitative estimate of drug-likeness (QED) is 0.832. The number of benzene rings is 2. The minimum atomic E-state index is -3.59. The Hall–Kier alpha value is -2.64. The normalized spacial score (nSPS) is 15.2. The molecule has 7 heteroatoms. The van der Waals surface area contributed by atoms with Crippen molar-refractivity contribution >= 4 is 33.3 Å². The Morgan fingerprint density at radius 3 is 2.62 bits per heavy atom. The Balaban J connectivity index is 2.14. The molecular weight excluding hydrogens is 328 g/mol. The molecule has 124 valence electrons. The van der Waals surface area contributed by atoms with Gasteiger partial charge in [0.05, 0.1) is 12.0 Å². The van der Waals surface area contributed by atoms with E-state index in [0.717, 1.165) is 5.56 Å². The summed E-state index contributed by atoms with van der Waals surface area (Å²) in [5, 5.41) is 2.74. The third-order valence-electron chi connectivity index (χ3n) is 3.79. The molecule has 6 nitrogen and oxygen atoms in total. The number of carbonyl (C=O) groups excluding carboxylic acids is 1. The molecule has 1 heterocycles. The molecule has 1 amide bonds. The lowest BCUT2D eigenvalue weighted by Crippen LogP contribution is -2.18. The molecule has 0 aromatic heterocycles. The van der Waals surface area contributed by atoms with E-state index in [9.17, 15) is 13.2 Å². The van der Waals surface area contributed by atoms with Crippen LogP contribution in [-0.2, 0) is 14.8 Å². The number of methoxy groups -OCH3 is 1. The molecule has 0 fully saturated rings. The van der Waals surface area contributed by atoms with Gasteiger partial charge in [0.2, 0.25) is 10.0 Å². The fourth-order valence-corrected chi connectivity index (χ4v) is 3.29. The zero-order chi connectivity index (χ0) is 17.3. The first-order chi connectivity index (χ1) is 11.5. The highest BCUT2D eigenvalue weighted by molar-refractivity contribution is 7.89. The molecule has 0 radical (unpaired) electrons. The SMILES string of the molecule is CNS(=O)(=O)c1ccc2c(c1)C(=Cc1ccccc1OC)C(=O)N2. The van der Waals surface area contributed by atoms with Gasteiger partial charge in [-0.1, -0.05) is 18.2 Å². The van der Waals surface area contributed by atoms with E-state index in [1.807, 2.05) is 18.2 Å². The average molecular weight is 344 g/mol. The molecule has 0 aliphatic carbocycles. The molecule has 1 aliphatic heterocycles. The van der Waals surface area contributed by atoms with Gasteiger partial charge in [0, 0.05) is 22.4 Å².